The minimum absolute atomic E-state index is 0.0576. The SMILES string of the molecule is CC1=C(c2cc3c4c(c2)OCc2cc(-c5nc([C@@H]6CCCN6C(=O)OC(C)(C)C)[nH]c5C)cc(c2-4)OC3)CC([C@@H]2CCCN2C(=O)OC(C)(C)C)=N1. The molecule has 0 saturated carbocycles. The van der Waals surface area contributed by atoms with Crippen LogP contribution >= 0.6 is 0 Å². The highest BCUT2D eigenvalue weighted by Crippen LogP contribution is 2.51. The summed E-state index contributed by atoms with van der Waals surface area (Å²) in [6.07, 6.45) is 3.65. The van der Waals surface area contributed by atoms with Gasteiger partial charge >= 0.3 is 12.2 Å². The summed E-state index contributed by atoms with van der Waals surface area (Å²) in [5, 5.41) is 0. The summed E-state index contributed by atoms with van der Waals surface area (Å²) in [6.45, 7) is 17.6. The van der Waals surface area contributed by atoms with E-state index in [1.54, 1.807) is 4.90 Å². The number of nitrogens with one attached hydrogen (secondary N) is 1. The van der Waals surface area contributed by atoms with Crippen molar-refractivity contribution in [1.29, 1.82) is 0 Å². The van der Waals surface area contributed by atoms with Crippen molar-refractivity contribution in [2.24, 2.45) is 4.99 Å². The largest absolute Gasteiger partial charge is 0.488 e. The van der Waals surface area contributed by atoms with Gasteiger partial charge in [-0.05, 0) is 116 Å². The van der Waals surface area contributed by atoms with Crippen molar-refractivity contribution >= 4 is 23.5 Å². The Labute approximate surface area is 305 Å². The number of aromatic nitrogens is 2. The molecule has 1 N–H and O–H groups in total. The normalized spacial score (nSPS) is 20.8. The maximum Gasteiger partial charge on any atom is 0.410 e. The van der Waals surface area contributed by atoms with Crippen LogP contribution in [0.3, 0.4) is 0 Å². The summed E-state index contributed by atoms with van der Waals surface area (Å²) < 4.78 is 24.4. The highest BCUT2D eigenvalue weighted by Gasteiger charge is 2.39. The minimum atomic E-state index is -0.562. The molecule has 0 aliphatic carbocycles. The van der Waals surface area contributed by atoms with Crippen molar-refractivity contribution < 1.29 is 28.5 Å². The molecule has 52 heavy (non-hydrogen) atoms. The average molecular weight is 708 g/mol. The number of benzene rings is 2. The van der Waals surface area contributed by atoms with Crippen LogP contribution in [0.4, 0.5) is 9.59 Å². The number of hydrogen-bond donors (Lipinski definition) is 1. The fourth-order valence-electron chi connectivity index (χ4n) is 8.29. The average Bonchev–Trinajstić information content (AvgIpc) is 3.87. The zero-order valence-corrected chi connectivity index (χ0v) is 31.6. The van der Waals surface area contributed by atoms with Crippen molar-refractivity contribution in [3.05, 3.63) is 58.2 Å². The van der Waals surface area contributed by atoms with Crippen molar-refractivity contribution in [2.75, 3.05) is 13.1 Å². The molecule has 1 aromatic heterocycles. The first-order chi connectivity index (χ1) is 24.6. The summed E-state index contributed by atoms with van der Waals surface area (Å²) in [4.78, 5) is 43.2. The standard InChI is InChI=1S/C41H49N5O6/c1-22-28(19-29(42-22)30-11-9-13-45(30)38(47)51-40(3,4)5)24-15-26-20-50-33-18-25(16-27-21-49-32(17-24)34(26)35(27)33)36-23(2)43-37(44-36)31-12-10-14-46(31)39(48)52-41(6,7)8/h15-18,30-31H,9-14,19-21H2,1-8H3,(H,43,44)/t30-,31-/m0/s1. The Morgan fingerprint density at radius 3 is 1.92 bits per heavy atom. The number of carbonyl (C=O) groups is 2. The number of aromatic amines is 1. The third kappa shape index (κ3) is 6.21. The third-order valence-corrected chi connectivity index (χ3v) is 10.5. The molecule has 11 nitrogen and oxygen atoms in total. The smallest absolute Gasteiger partial charge is 0.410 e. The molecule has 8 rings (SSSR count). The van der Waals surface area contributed by atoms with Gasteiger partial charge in [-0.25, -0.2) is 14.6 Å². The first-order valence-electron chi connectivity index (χ1n) is 18.6. The Hall–Kier alpha value is -4.80. The summed E-state index contributed by atoms with van der Waals surface area (Å²) in [5.74, 6) is 2.44. The monoisotopic (exact) mass is 707 g/mol. The van der Waals surface area contributed by atoms with Crippen molar-refractivity contribution in [3.8, 4) is 33.9 Å². The second-order valence-corrected chi connectivity index (χ2v) is 16.7. The number of rotatable bonds is 4. The number of likely N-dealkylation sites (tertiary alicyclic amines) is 2. The first-order valence-corrected chi connectivity index (χ1v) is 18.6. The van der Waals surface area contributed by atoms with Gasteiger partial charge in [0.05, 0.1) is 17.8 Å². The quantitative estimate of drug-likeness (QED) is 0.288. The van der Waals surface area contributed by atoms with Crippen LogP contribution in [0.15, 0.2) is 35.0 Å². The van der Waals surface area contributed by atoms with Crippen molar-refractivity contribution in [2.45, 2.75) is 124 Å². The lowest BCUT2D eigenvalue weighted by Crippen LogP contribution is -2.43. The Balaban J connectivity index is 1.04. The number of nitrogens with zero attached hydrogens (tertiary/aromatic N) is 4. The molecule has 0 bridgehead atoms. The maximum absolute atomic E-state index is 13.0. The molecule has 274 valence electrons. The zero-order chi connectivity index (χ0) is 36.7. The first kappa shape index (κ1) is 34.3. The number of hydrogen-bond acceptors (Lipinski definition) is 8. The summed E-state index contributed by atoms with van der Waals surface area (Å²) >= 11 is 0. The van der Waals surface area contributed by atoms with E-state index in [0.717, 1.165) is 105 Å². The van der Waals surface area contributed by atoms with Crippen LogP contribution in [0.25, 0.3) is 28.0 Å². The van der Waals surface area contributed by atoms with Crippen LogP contribution in [0, 0.1) is 6.92 Å². The Bertz CT molecular complexity index is 2000. The van der Waals surface area contributed by atoms with Crippen molar-refractivity contribution in [3.63, 3.8) is 0 Å². The maximum atomic E-state index is 13.0. The van der Waals surface area contributed by atoms with Gasteiger partial charge in [0, 0.05) is 64.4 Å². The van der Waals surface area contributed by atoms with Gasteiger partial charge in [0.15, 0.2) is 0 Å². The number of amides is 2. The number of allylic oxidation sites excluding steroid dienone is 2. The summed E-state index contributed by atoms with van der Waals surface area (Å²) in [7, 11) is 0. The third-order valence-electron chi connectivity index (χ3n) is 10.5. The van der Waals surface area contributed by atoms with E-state index in [1.807, 2.05) is 53.4 Å². The second-order valence-electron chi connectivity index (χ2n) is 16.7. The molecule has 3 aromatic rings. The number of ether oxygens (including phenoxy) is 4. The van der Waals surface area contributed by atoms with E-state index < -0.39 is 11.2 Å². The topological polar surface area (TPSA) is 119 Å². The molecule has 5 aliphatic heterocycles. The van der Waals surface area contributed by atoms with Crippen LogP contribution in [-0.2, 0) is 22.7 Å². The van der Waals surface area contributed by atoms with Gasteiger partial charge < -0.3 is 23.9 Å². The molecule has 2 saturated heterocycles. The molecule has 5 aliphatic rings. The summed E-state index contributed by atoms with van der Waals surface area (Å²) in [6, 6.07) is 8.38. The molecule has 11 heteroatoms. The van der Waals surface area contributed by atoms with Crippen LogP contribution in [-0.4, -0.2) is 68.0 Å². The van der Waals surface area contributed by atoms with Gasteiger partial charge in [0.2, 0.25) is 0 Å². The van der Waals surface area contributed by atoms with E-state index in [-0.39, 0.29) is 24.3 Å². The van der Waals surface area contributed by atoms with E-state index in [0.29, 0.717) is 32.7 Å². The van der Waals surface area contributed by atoms with Crippen molar-refractivity contribution in [1.82, 2.24) is 19.8 Å². The van der Waals surface area contributed by atoms with E-state index in [2.05, 4.69) is 36.2 Å². The summed E-state index contributed by atoms with van der Waals surface area (Å²) in [5.41, 5.74) is 10.1. The van der Waals surface area contributed by atoms with Gasteiger partial charge in [-0.2, -0.15) is 0 Å². The van der Waals surface area contributed by atoms with E-state index in [1.165, 1.54) is 0 Å². The van der Waals surface area contributed by atoms with Crippen LogP contribution in [0.2, 0.25) is 0 Å². The lowest BCUT2D eigenvalue weighted by atomic mass is 9.86. The van der Waals surface area contributed by atoms with E-state index >= 15 is 0 Å². The van der Waals surface area contributed by atoms with Gasteiger partial charge in [-0.1, -0.05) is 0 Å². The van der Waals surface area contributed by atoms with E-state index in [4.69, 9.17) is 28.9 Å². The van der Waals surface area contributed by atoms with Gasteiger partial charge in [0.25, 0.3) is 0 Å². The fraction of sp³-hybridized carbons (Fsp3) is 0.512. The highest BCUT2D eigenvalue weighted by molar-refractivity contribution is 6.04. The molecular formula is C41H49N5O6. The molecule has 0 spiro atoms. The number of aryl methyl sites for hydroxylation is 1. The van der Waals surface area contributed by atoms with Gasteiger partial charge in [0.1, 0.15) is 41.7 Å². The molecule has 0 radical (unpaired) electrons. The zero-order valence-electron chi connectivity index (χ0n) is 31.6. The predicted molar refractivity (Wildman–Crippen MR) is 198 cm³/mol. The number of H-pyrrole nitrogens is 1. The number of carbonyl (C=O) groups excluding carboxylic acids is 2. The fourth-order valence-corrected chi connectivity index (χ4v) is 8.29. The Morgan fingerprint density at radius 1 is 0.788 bits per heavy atom. The van der Waals surface area contributed by atoms with Gasteiger partial charge in [-0.15, -0.1) is 0 Å². The molecule has 0 unspecified atom stereocenters. The number of aliphatic imine (C=N–C) groups is 1. The lowest BCUT2D eigenvalue weighted by molar-refractivity contribution is 0.0216. The second kappa shape index (κ2) is 12.4. The Morgan fingerprint density at radius 2 is 1.33 bits per heavy atom. The molecule has 2 fully saturated rings. The highest BCUT2D eigenvalue weighted by atomic mass is 16.6. The van der Waals surface area contributed by atoms with Crippen LogP contribution in [0.5, 0.6) is 11.5 Å². The van der Waals surface area contributed by atoms with E-state index in [9.17, 15) is 9.59 Å². The number of imidazole rings is 1. The Kier molecular flexibility index (Phi) is 8.19. The van der Waals surface area contributed by atoms with Crippen LogP contribution in [0.1, 0.15) is 115 Å². The lowest BCUT2D eigenvalue weighted by Gasteiger charge is -2.31. The molecular weight excluding hydrogens is 658 g/mol. The molecule has 2 aromatic carbocycles. The molecule has 6 heterocycles. The predicted octanol–water partition coefficient (Wildman–Crippen LogP) is 8.88. The minimum Gasteiger partial charge on any atom is -0.488 e. The molecule has 2 amide bonds. The van der Waals surface area contributed by atoms with Gasteiger partial charge in [-0.3, -0.25) is 14.8 Å². The molecule has 2 atom stereocenters. The van der Waals surface area contributed by atoms with Crippen LogP contribution < -0.4 is 9.47 Å².